The second kappa shape index (κ2) is 6.63. The second-order valence-corrected chi connectivity index (χ2v) is 7.59. The Morgan fingerprint density at radius 1 is 1.13 bits per heavy atom. The number of ether oxygens (including phenoxy) is 1. The monoisotopic (exact) mass is 358 g/mol. The number of hydrogen-bond donors (Lipinski definition) is 0. The van der Waals surface area contributed by atoms with Crippen LogP contribution in [0.15, 0.2) is 18.2 Å². The number of halogens is 2. The molecule has 126 valence electrons. The molecular formula is C16H21BCl2O4. The van der Waals surface area contributed by atoms with Crippen molar-refractivity contribution in [3.63, 3.8) is 0 Å². The van der Waals surface area contributed by atoms with Crippen molar-refractivity contribution in [1.82, 2.24) is 0 Å². The molecule has 4 nitrogen and oxygen atoms in total. The van der Waals surface area contributed by atoms with Crippen molar-refractivity contribution in [3.05, 3.63) is 33.8 Å². The van der Waals surface area contributed by atoms with Crippen LogP contribution in [0.5, 0.6) is 0 Å². The molecule has 1 fully saturated rings. The van der Waals surface area contributed by atoms with E-state index in [1.165, 1.54) is 7.11 Å². The third-order valence-corrected chi connectivity index (χ3v) is 4.96. The van der Waals surface area contributed by atoms with E-state index >= 15 is 0 Å². The molecule has 0 amide bonds. The first-order chi connectivity index (χ1) is 10.6. The zero-order chi connectivity index (χ0) is 17.4. The van der Waals surface area contributed by atoms with Gasteiger partial charge in [0.15, 0.2) is 0 Å². The molecule has 1 aliphatic rings. The van der Waals surface area contributed by atoms with Gasteiger partial charge in [-0.25, -0.2) is 0 Å². The minimum Gasteiger partial charge on any atom is -0.469 e. The van der Waals surface area contributed by atoms with Crippen molar-refractivity contribution in [3.8, 4) is 0 Å². The smallest absolute Gasteiger partial charge is 0.466 e. The van der Waals surface area contributed by atoms with E-state index in [2.05, 4.69) is 0 Å². The highest BCUT2D eigenvalue weighted by Gasteiger charge is 2.54. The predicted octanol–water partition coefficient (Wildman–Crippen LogP) is 4.27. The Morgan fingerprint density at radius 3 is 2.04 bits per heavy atom. The number of benzene rings is 1. The maximum atomic E-state index is 11.8. The van der Waals surface area contributed by atoms with E-state index in [4.69, 9.17) is 37.2 Å². The highest BCUT2D eigenvalue weighted by molar-refractivity contribution is 6.48. The first-order valence-corrected chi connectivity index (χ1v) is 8.20. The molecule has 0 spiro atoms. The molecule has 0 N–H and O–H groups in total. The second-order valence-electron chi connectivity index (χ2n) is 6.71. The number of rotatable bonds is 4. The maximum Gasteiger partial charge on any atom is 0.466 e. The van der Waals surface area contributed by atoms with Crippen LogP contribution in [0.2, 0.25) is 10.0 Å². The van der Waals surface area contributed by atoms with Crippen LogP contribution in [-0.2, 0) is 18.8 Å². The third-order valence-electron chi connectivity index (χ3n) is 4.53. The highest BCUT2D eigenvalue weighted by atomic mass is 35.5. The summed E-state index contributed by atoms with van der Waals surface area (Å²) < 4.78 is 17.0. The summed E-state index contributed by atoms with van der Waals surface area (Å²) in [5.41, 5.74) is -0.200. The van der Waals surface area contributed by atoms with Gasteiger partial charge in [-0.3, -0.25) is 4.79 Å². The van der Waals surface area contributed by atoms with E-state index in [1.54, 1.807) is 18.2 Å². The van der Waals surface area contributed by atoms with Crippen molar-refractivity contribution in [1.29, 1.82) is 0 Å². The van der Waals surface area contributed by atoms with Gasteiger partial charge in [0.2, 0.25) is 0 Å². The third kappa shape index (κ3) is 4.02. The first kappa shape index (κ1) is 18.6. The lowest BCUT2D eigenvalue weighted by Crippen LogP contribution is -2.41. The van der Waals surface area contributed by atoms with Crippen molar-refractivity contribution in [2.75, 3.05) is 7.11 Å². The molecule has 1 unspecified atom stereocenters. The Labute approximate surface area is 147 Å². The van der Waals surface area contributed by atoms with Crippen molar-refractivity contribution in [2.45, 2.75) is 51.1 Å². The van der Waals surface area contributed by atoms with Crippen LogP contribution in [0.1, 0.15) is 45.5 Å². The van der Waals surface area contributed by atoms with E-state index in [1.807, 2.05) is 27.7 Å². The van der Waals surface area contributed by atoms with E-state index < -0.39 is 18.3 Å². The quantitative estimate of drug-likeness (QED) is 0.595. The molecule has 0 aliphatic carbocycles. The van der Waals surface area contributed by atoms with Gasteiger partial charge in [-0.05, 0) is 51.5 Å². The summed E-state index contributed by atoms with van der Waals surface area (Å²) >= 11 is 12.2. The molecule has 23 heavy (non-hydrogen) atoms. The Hall–Kier alpha value is -0.745. The molecule has 2 rings (SSSR count). The Balaban J connectivity index is 2.37. The minimum atomic E-state index is -0.589. The molecule has 1 aliphatic heterocycles. The summed E-state index contributed by atoms with van der Waals surface area (Å²) in [7, 11) is 0.767. The van der Waals surface area contributed by atoms with Crippen molar-refractivity contribution in [2.24, 2.45) is 0 Å². The standard InChI is InChI=1S/C16H21BCl2O4/c1-15(2)16(3,4)23-17(22-15)13(9-14(20)21-5)10-6-11(18)8-12(19)7-10/h6-8,13H,9H2,1-5H3. The van der Waals surface area contributed by atoms with Gasteiger partial charge in [0, 0.05) is 15.9 Å². The fourth-order valence-corrected chi connectivity index (χ4v) is 3.02. The van der Waals surface area contributed by atoms with Gasteiger partial charge >= 0.3 is 13.1 Å². The van der Waals surface area contributed by atoms with Crippen LogP contribution in [0.3, 0.4) is 0 Å². The van der Waals surface area contributed by atoms with Gasteiger partial charge < -0.3 is 14.0 Å². The summed E-state index contributed by atoms with van der Waals surface area (Å²) in [4.78, 5) is 11.8. The van der Waals surface area contributed by atoms with Gasteiger partial charge in [-0.1, -0.05) is 23.2 Å². The predicted molar refractivity (Wildman–Crippen MR) is 91.9 cm³/mol. The number of hydrogen-bond acceptors (Lipinski definition) is 4. The van der Waals surface area contributed by atoms with E-state index in [0.717, 1.165) is 5.56 Å². The van der Waals surface area contributed by atoms with Crippen LogP contribution >= 0.6 is 23.2 Å². The summed E-state index contributed by atoms with van der Waals surface area (Å²) in [6.07, 6.45) is 0.115. The van der Waals surface area contributed by atoms with Gasteiger partial charge in [0.05, 0.1) is 24.7 Å². The van der Waals surface area contributed by atoms with E-state index in [-0.39, 0.29) is 18.2 Å². The number of methoxy groups -OCH3 is 1. The van der Waals surface area contributed by atoms with Gasteiger partial charge in [-0.2, -0.15) is 0 Å². The molecule has 0 radical (unpaired) electrons. The molecular weight excluding hydrogens is 338 g/mol. The SMILES string of the molecule is COC(=O)CC(B1OC(C)(C)C(C)(C)O1)c1cc(Cl)cc(Cl)c1. The fraction of sp³-hybridized carbons (Fsp3) is 0.562. The van der Waals surface area contributed by atoms with Crippen LogP contribution in [0.25, 0.3) is 0 Å². The molecule has 0 aromatic heterocycles. The normalized spacial score (nSPS) is 20.4. The molecule has 1 aromatic carbocycles. The molecule has 1 saturated heterocycles. The number of carbonyl (C=O) groups excluding carboxylic acids is 1. The average Bonchev–Trinajstić information content (AvgIpc) is 2.63. The summed E-state index contributed by atoms with van der Waals surface area (Å²) in [5.74, 6) is -0.708. The Morgan fingerprint density at radius 2 is 1.61 bits per heavy atom. The van der Waals surface area contributed by atoms with Crippen LogP contribution in [-0.4, -0.2) is 31.4 Å². The van der Waals surface area contributed by atoms with Gasteiger partial charge in [0.25, 0.3) is 0 Å². The summed E-state index contributed by atoms with van der Waals surface area (Å²) in [6, 6.07) is 5.18. The van der Waals surface area contributed by atoms with E-state index in [0.29, 0.717) is 10.0 Å². The van der Waals surface area contributed by atoms with Gasteiger partial charge in [-0.15, -0.1) is 0 Å². The first-order valence-electron chi connectivity index (χ1n) is 7.44. The molecule has 1 aromatic rings. The average molecular weight is 359 g/mol. The lowest BCUT2D eigenvalue weighted by Gasteiger charge is -2.32. The fourth-order valence-electron chi connectivity index (χ4n) is 2.48. The van der Waals surface area contributed by atoms with Crippen molar-refractivity contribution >= 4 is 36.3 Å². The van der Waals surface area contributed by atoms with Gasteiger partial charge in [0.1, 0.15) is 0 Å². The Kier molecular flexibility index (Phi) is 5.36. The lowest BCUT2D eigenvalue weighted by molar-refractivity contribution is -0.140. The largest absolute Gasteiger partial charge is 0.469 e. The number of esters is 1. The molecule has 0 bridgehead atoms. The molecule has 7 heteroatoms. The topological polar surface area (TPSA) is 44.8 Å². The zero-order valence-electron chi connectivity index (χ0n) is 14.0. The van der Waals surface area contributed by atoms with Crippen molar-refractivity contribution < 1.29 is 18.8 Å². The number of carbonyl (C=O) groups is 1. The maximum absolute atomic E-state index is 11.8. The Bertz CT molecular complexity index is 567. The highest BCUT2D eigenvalue weighted by Crippen LogP contribution is 2.42. The molecule has 1 atom stereocenters. The molecule has 1 heterocycles. The van der Waals surface area contributed by atoms with E-state index in [9.17, 15) is 4.79 Å². The van der Waals surface area contributed by atoms with Crippen LogP contribution in [0.4, 0.5) is 0 Å². The molecule has 0 saturated carbocycles. The van der Waals surface area contributed by atoms with Crippen LogP contribution < -0.4 is 0 Å². The lowest BCUT2D eigenvalue weighted by atomic mass is 9.66. The van der Waals surface area contributed by atoms with Crippen LogP contribution in [0, 0.1) is 0 Å². The summed E-state index contributed by atoms with van der Waals surface area (Å²) in [5, 5.41) is 0.998. The summed E-state index contributed by atoms with van der Waals surface area (Å²) in [6.45, 7) is 7.86. The zero-order valence-corrected chi connectivity index (χ0v) is 15.5. The minimum absolute atomic E-state index is 0.115.